The van der Waals surface area contributed by atoms with Crippen molar-refractivity contribution in [3.8, 4) is 6.07 Å². The van der Waals surface area contributed by atoms with Gasteiger partial charge < -0.3 is 10.2 Å². The smallest absolute Gasteiger partial charge is 0.246 e. The molecule has 0 saturated carbocycles. The maximum Gasteiger partial charge on any atom is 0.246 e. The van der Waals surface area contributed by atoms with Crippen LogP contribution in [0.4, 0.5) is 5.69 Å². The van der Waals surface area contributed by atoms with E-state index < -0.39 is 10.0 Å². The molecule has 1 rings (SSSR count). The van der Waals surface area contributed by atoms with Crippen molar-refractivity contribution in [1.82, 2.24) is 9.29 Å². The van der Waals surface area contributed by atoms with Gasteiger partial charge in [0.1, 0.15) is 4.90 Å². The van der Waals surface area contributed by atoms with Crippen LogP contribution in [0.3, 0.4) is 0 Å². The van der Waals surface area contributed by atoms with Crippen molar-refractivity contribution in [2.45, 2.75) is 11.3 Å². The second-order valence-corrected chi connectivity index (χ2v) is 5.73. The van der Waals surface area contributed by atoms with Crippen LogP contribution in [0.2, 0.25) is 0 Å². The van der Waals surface area contributed by atoms with Gasteiger partial charge in [-0.05, 0) is 6.07 Å². The summed E-state index contributed by atoms with van der Waals surface area (Å²) in [5.41, 5.74) is 2.58. The molecule has 0 bridgehead atoms. The topological polar surface area (TPSA) is 121 Å². The largest absolute Gasteiger partial charge is 0.383 e. The van der Waals surface area contributed by atoms with Crippen LogP contribution in [0.25, 0.3) is 0 Å². The van der Waals surface area contributed by atoms with Gasteiger partial charge in [-0.1, -0.05) is 0 Å². The van der Waals surface area contributed by atoms with Crippen molar-refractivity contribution >= 4 is 15.7 Å². The van der Waals surface area contributed by atoms with Crippen molar-refractivity contribution in [3.63, 3.8) is 0 Å². The molecule has 1 heterocycles. The van der Waals surface area contributed by atoms with E-state index in [0.717, 1.165) is 0 Å². The summed E-state index contributed by atoms with van der Waals surface area (Å²) < 4.78 is 31.2. The minimum atomic E-state index is -3.79. The summed E-state index contributed by atoms with van der Waals surface area (Å²) in [6.45, 7) is 0.469. The zero-order valence-electron chi connectivity index (χ0n) is 11.1. The van der Waals surface area contributed by atoms with Crippen LogP contribution in [-0.2, 0) is 14.8 Å². The predicted molar refractivity (Wildman–Crippen MR) is 72.9 cm³/mol. The third-order valence-electron chi connectivity index (χ3n) is 2.58. The van der Waals surface area contributed by atoms with Gasteiger partial charge in [-0.2, -0.15) is 9.57 Å². The number of methoxy groups -OCH3 is 1. The number of nitrogen functional groups attached to an aromatic ring is 1. The minimum absolute atomic E-state index is 0.0310. The van der Waals surface area contributed by atoms with Crippen LogP contribution in [0.5, 0.6) is 0 Å². The first-order valence-corrected chi connectivity index (χ1v) is 7.28. The van der Waals surface area contributed by atoms with Gasteiger partial charge in [0, 0.05) is 39.0 Å². The molecule has 0 aliphatic rings. The van der Waals surface area contributed by atoms with E-state index >= 15 is 0 Å². The number of nitrogens with zero attached hydrogens (tertiary/aromatic N) is 3. The highest BCUT2D eigenvalue weighted by atomic mass is 32.2. The number of anilines is 1. The highest BCUT2D eigenvalue weighted by molar-refractivity contribution is 7.89. The Bertz CT molecular complexity index is 570. The van der Waals surface area contributed by atoms with Gasteiger partial charge in [-0.3, -0.25) is 10.8 Å². The number of hydrogen-bond acceptors (Lipinski definition) is 7. The number of ether oxygens (including phenoxy) is 1. The molecule has 1 aromatic rings. The molecule has 110 valence electrons. The highest BCUT2D eigenvalue weighted by Crippen LogP contribution is 2.22. The number of pyridine rings is 1. The summed E-state index contributed by atoms with van der Waals surface area (Å²) >= 11 is 0. The predicted octanol–water partition coefficient (Wildman–Crippen LogP) is -0.0820. The van der Waals surface area contributed by atoms with Gasteiger partial charge in [-0.15, -0.1) is 0 Å². The van der Waals surface area contributed by atoms with Gasteiger partial charge in [0.25, 0.3) is 0 Å². The first-order valence-electron chi connectivity index (χ1n) is 5.84. The molecule has 0 unspecified atom stereocenters. The Morgan fingerprint density at radius 2 is 2.30 bits per heavy atom. The molecular weight excluding hydrogens is 282 g/mol. The van der Waals surface area contributed by atoms with E-state index in [1.165, 1.54) is 29.9 Å². The zero-order valence-corrected chi connectivity index (χ0v) is 11.9. The number of nitrogens with two attached hydrogens (primary N) is 1. The monoisotopic (exact) mass is 299 g/mol. The van der Waals surface area contributed by atoms with Crippen molar-refractivity contribution in [2.24, 2.45) is 5.84 Å². The van der Waals surface area contributed by atoms with E-state index in [1.807, 2.05) is 6.07 Å². The molecule has 8 nitrogen and oxygen atoms in total. The number of rotatable bonds is 8. The lowest BCUT2D eigenvalue weighted by molar-refractivity contribution is 0.179. The van der Waals surface area contributed by atoms with Gasteiger partial charge >= 0.3 is 0 Å². The van der Waals surface area contributed by atoms with E-state index in [9.17, 15) is 8.42 Å². The Hall–Kier alpha value is -1.73. The molecule has 0 saturated heterocycles. The average molecular weight is 299 g/mol. The van der Waals surface area contributed by atoms with E-state index in [1.54, 1.807) is 0 Å². The van der Waals surface area contributed by atoms with Crippen LogP contribution in [-0.4, -0.2) is 44.5 Å². The van der Waals surface area contributed by atoms with E-state index in [4.69, 9.17) is 15.8 Å². The number of nitriles is 1. The number of hydrazine groups is 1. The molecular formula is C11H17N5O3S. The fraction of sp³-hybridized carbons (Fsp3) is 0.455. The molecule has 0 aliphatic carbocycles. The van der Waals surface area contributed by atoms with Crippen molar-refractivity contribution in [1.29, 1.82) is 5.26 Å². The Morgan fingerprint density at radius 3 is 2.90 bits per heavy atom. The average Bonchev–Trinajstić information content (AvgIpc) is 2.47. The molecule has 0 atom stereocenters. The minimum Gasteiger partial charge on any atom is -0.383 e. The fourth-order valence-electron chi connectivity index (χ4n) is 1.56. The molecule has 20 heavy (non-hydrogen) atoms. The van der Waals surface area contributed by atoms with Crippen LogP contribution in [0.15, 0.2) is 23.4 Å². The quantitative estimate of drug-likeness (QED) is 0.508. The maximum absolute atomic E-state index is 12.5. The molecule has 1 aromatic heterocycles. The van der Waals surface area contributed by atoms with Crippen LogP contribution in [0.1, 0.15) is 6.42 Å². The van der Waals surface area contributed by atoms with Crippen LogP contribution < -0.4 is 11.3 Å². The number of nitrogens with one attached hydrogen (secondary N) is 1. The second kappa shape index (κ2) is 7.76. The first kappa shape index (κ1) is 16.3. The standard InChI is InChI=1S/C11H17N5O3S/c1-19-8-7-16(6-2-4-12)20(17,18)11-9-14-5-3-10(11)15-13/h3,5,9H,2,6-8,13H2,1H3,(H,14,15). The van der Waals surface area contributed by atoms with E-state index in [-0.39, 0.29) is 36.7 Å². The molecule has 0 radical (unpaired) electrons. The molecule has 0 amide bonds. The third-order valence-corrected chi connectivity index (χ3v) is 4.50. The third kappa shape index (κ3) is 3.88. The van der Waals surface area contributed by atoms with Gasteiger partial charge in [0.2, 0.25) is 10.0 Å². The summed E-state index contributed by atoms with van der Waals surface area (Å²) in [7, 11) is -2.31. The second-order valence-electron chi connectivity index (χ2n) is 3.82. The first-order chi connectivity index (χ1) is 9.57. The Morgan fingerprint density at radius 1 is 1.55 bits per heavy atom. The molecule has 0 aromatic carbocycles. The molecule has 0 spiro atoms. The lowest BCUT2D eigenvalue weighted by Gasteiger charge is -2.21. The zero-order chi connectivity index (χ0) is 15.0. The fourth-order valence-corrected chi connectivity index (χ4v) is 3.09. The summed E-state index contributed by atoms with van der Waals surface area (Å²) in [5.74, 6) is 5.31. The molecule has 3 N–H and O–H groups in total. The van der Waals surface area contributed by atoms with Crippen LogP contribution in [0, 0.1) is 11.3 Å². The van der Waals surface area contributed by atoms with Crippen molar-refractivity contribution < 1.29 is 13.2 Å². The molecule has 0 aliphatic heterocycles. The summed E-state index contributed by atoms with van der Waals surface area (Å²) in [6, 6.07) is 3.39. The SMILES string of the molecule is COCCN(CCC#N)S(=O)(=O)c1cnccc1NN. The van der Waals surface area contributed by atoms with Crippen molar-refractivity contribution in [3.05, 3.63) is 18.5 Å². The van der Waals surface area contributed by atoms with Crippen LogP contribution >= 0.6 is 0 Å². The van der Waals surface area contributed by atoms with Gasteiger partial charge in [0.15, 0.2) is 0 Å². The lowest BCUT2D eigenvalue weighted by atomic mass is 10.4. The summed E-state index contributed by atoms with van der Waals surface area (Å²) in [5, 5.41) is 8.63. The maximum atomic E-state index is 12.5. The van der Waals surface area contributed by atoms with E-state index in [0.29, 0.717) is 0 Å². The van der Waals surface area contributed by atoms with E-state index in [2.05, 4.69) is 10.4 Å². The number of aromatic nitrogens is 1. The Kier molecular flexibility index (Phi) is 6.33. The lowest BCUT2D eigenvalue weighted by Crippen LogP contribution is -2.35. The number of sulfonamides is 1. The number of hydrogen-bond donors (Lipinski definition) is 2. The summed E-state index contributed by atoms with van der Waals surface area (Å²) in [6.07, 6.45) is 2.74. The molecule has 0 fully saturated rings. The summed E-state index contributed by atoms with van der Waals surface area (Å²) in [4.78, 5) is 3.77. The van der Waals surface area contributed by atoms with Gasteiger partial charge in [0.05, 0.1) is 18.4 Å². The van der Waals surface area contributed by atoms with Gasteiger partial charge in [-0.25, -0.2) is 8.42 Å². The highest BCUT2D eigenvalue weighted by Gasteiger charge is 2.26. The molecule has 9 heteroatoms. The Balaban J connectivity index is 3.11. The normalized spacial score (nSPS) is 11.3. The Labute approximate surface area is 118 Å². The van der Waals surface area contributed by atoms with Crippen molar-refractivity contribution in [2.75, 3.05) is 32.2 Å².